The molecule has 0 aromatic rings. The minimum absolute atomic E-state index is 0.0212. The van der Waals surface area contributed by atoms with Crippen LogP contribution in [0.4, 0.5) is 0 Å². The monoisotopic (exact) mass is 543 g/mol. The number of esters is 1. The maximum atomic E-state index is 13.5. The molecule has 7 nitrogen and oxygen atoms in total. The summed E-state index contributed by atoms with van der Waals surface area (Å²) in [5.74, 6) is 2.71. The van der Waals surface area contributed by atoms with Crippen molar-refractivity contribution in [1.82, 2.24) is 0 Å². The largest absolute Gasteiger partial charge is 0.462 e. The van der Waals surface area contributed by atoms with E-state index in [2.05, 4.69) is 34.6 Å². The quantitative estimate of drug-likeness (QED) is 0.218. The molecule has 0 saturated heterocycles. The van der Waals surface area contributed by atoms with E-state index >= 15 is 0 Å². The molecule has 9 atom stereocenters. The minimum atomic E-state index is -0.563. The standard InChI is InChI=1S/C32H49NO6/c1-18(2)28-24(35)16-32(27(38-7)17-33(36)37)15-12-20-21-9-11-25-30(4,5)26(39-19(3)34)13-14-31(25,6)23(21)10-8-22(20)29(28)32/h18,20-23,25-27H,8-17H2,1-7H3. The van der Waals surface area contributed by atoms with Gasteiger partial charge in [0.15, 0.2) is 5.78 Å². The summed E-state index contributed by atoms with van der Waals surface area (Å²) in [6.45, 7) is 12.6. The molecule has 0 heterocycles. The Kier molecular flexibility index (Phi) is 7.34. The number of Topliss-reactive ketones (excluding diaryl/α,β-unsaturated/α-hetero) is 1. The first kappa shape index (κ1) is 28.8. The smallest absolute Gasteiger partial charge is 0.302 e. The molecule has 39 heavy (non-hydrogen) atoms. The predicted octanol–water partition coefficient (Wildman–Crippen LogP) is 6.41. The van der Waals surface area contributed by atoms with Crippen molar-refractivity contribution in [3.63, 3.8) is 0 Å². The number of carbonyl (C=O) groups is 2. The van der Waals surface area contributed by atoms with Crippen LogP contribution in [0.25, 0.3) is 0 Å². The lowest BCUT2D eigenvalue weighted by Crippen LogP contribution is -2.60. The van der Waals surface area contributed by atoms with Gasteiger partial charge in [0, 0.05) is 36.2 Å². The Balaban J connectivity index is 1.49. The van der Waals surface area contributed by atoms with E-state index in [4.69, 9.17) is 9.47 Å². The van der Waals surface area contributed by atoms with Crippen molar-refractivity contribution in [3.05, 3.63) is 21.3 Å². The number of ether oxygens (including phenoxy) is 2. The van der Waals surface area contributed by atoms with E-state index in [1.54, 1.807) is 7.11 Å². The van der Waals surface area contributed by atoms with Crippen LogP contribution in [0, 0.1) is 61.9 Å². The lowest BCUT2D eigenvalue weighted by molar-refractivity contribution is -0.495. The van der Waals surface area contributed by atoms with E-state index in [0.29, 0.717) is 36.0 Å². The maximum Gasteiger partial charge on any atom is 0.302 e. The Morgan fingerprint density at radius 2 is 1.77 bits per heavy atom. The lowest BCUT2D eigenvalue weighted by Gasteiger charge is -2.65. The van der Waals surface area contributed by atoms with Crippen molar-refractivity contribution in [2.75, 3.05) is 13.7 Å². The van der Waals surface area contributed by atoms with Crippen molar-refractivity contribution < 1.29 is 24.0 Å². The predicted molar refractivity (Wildman–Crippen MR) is 148 cm³/mol. The van der Waals surface area contributed by atoms with Gasteiger partial charge in [-0.2, -0.15) is 0 Å². The van der Waals surface area contributed by atoms with Gasteiger partial charge in [-0.25, -0.2) is 0 Å². The van der Waals surface area contributed by atoms with Gasteiger partial charge in [-0.1, -0.05) is 40.2 Å². The summed E-state index contributed by atoms with van der Waals surface area (Å²) in [6, 6.07) is 0. The number of ketones is 1. The number of methoxy groups -OCH3 is 1. The second-order valence-electron chi connectivity index (χ2n) is 14.7. The molecule has 9 unspecified atom stereocenters. The normalized spacial score (nSPS) is 41.8. The van der Waals surface area contributed by atoms with Crippen LogP contribution in [0.1, 0.15) is 99.3 Å². The average Bonchev–Trinajstić information content (AvgIpc) is 3.17. The fourth-order valence-corrected chi connectivity index (χ4v) is 11.2. The summed E-state index contributed by atoms with van der Waals surface area (Å²) in [6.07, 6.45) is 8.14. The molecule has 0 radical (unpaired) electrons. The Labute approximate surface area is 234 Å². The summed E-state index contributed by atoms with van der Waals surface area (Å²) in [5, 5.41) is 11.7. The van der Waals surface area contributed by atoms with Gasteiger partial charge in [0.2, 0.25) is 6.54 Å². The fraction of sp³-hybridized carbons (Fsp3) is 0.875. The molecule has 0 spiro atoms. The molecule has 4 saturated carbocycles. The molecule has 0 aromatic carbocycles. The van der Waals surface area contributed by atoms with E-state index in [1.807, 2.05) is 0 Å². The molecular formula is C32H49NO6. The van der Waals surface area contributed by atoms with Crippen molar-refractivity contribution in [1.29, 1.82) is 0 Å². The summed E-state index contributed by atoms with van der Waals surface area (Å²) in [7, 11) is 1.58. The molecule has 0 bridgehead atoms. The van der Waals surface area contributed by atoms with Gasteiger partial charge in [-0.15, -0.1) is 0 Å². The lowest BCUT2D eigenvalue weighted by atomic mass is 9.40. The van der Waals surface area contributed by atoms with Crippen LogP contribution in [0.15, 0.2) is 11.1 Å². The van der Waals surface area contributed by atoms with E-state index < -0.39 is 11.5 Å². The third kappa shape index (κ3) is 4.31. The van der Waals surface area contributed by atoms with Gasteiger partial charge >= 0.3 is 5.97 Å². The molecule has 4 fully saturated rings. The zero-order valence-corrected chi connectivity index (χ0v) is 25.1. The second-order valence-corrected chi connectivity index (χ2v) is 14.7. The van der Waals surface area contributed by atoms with Crippen LogP contribution in [0.5, 0.6) is 0 Å². The molecule has 5 aliphatic rings. The Morgan fingerprint density at radius 1 is 1.05 bits per heavy atom. The molecule has 5 aliphatic carbocycles. The van der Waals surface area contributed by atoms with E-state index in [0.717, 1.165) is 50.5 Å². The number of allylic oxidation sites excluding steroid dienone is 1. The van der Waals surface area contributed by atoms with Crippen molar-refractivity contribution >= 4 is 11.8 Å². The Morgan fingerprint density at radius 3 is 2.38 bits per heavy atom. The third-order valence-electron chi connectivity index (χ3n) is 12.5. The maximum absolute atomic E-state index is 13.5. The SMILES string of the molecule is COC(C[N+](=O)[O-])C12CCC3C(CCC4C3CCC3C(C)(C)C(OC(C)=O)CCC43C)C1=C(C(C)C)C(=O)C2. The number of fused-ring (bicyclic) bond motifs is 7. The van der Waals surface area contributed by atoms with Gasteiger partial charge in [0.1, 0.15) is 12.2 Å². The molecule has 0 aliphatic heterocycles. The first-order chi connectivity index (χ1) is 18.3. The highest BCUT2D eigenvalue weighted by Gasteiger charge is 2.64. The van der Waals surface area contributed by atoms with Crippen LogP contribution >= 0.6 is 0 Å². The number of nitrogens with zero attached hydrogens (tertiary/aromatic N) is 1. The minimum Gasteiger partial charge on any atom is -0.462 e. The van der Waals surface area contributed by atoms with Crippen LogP contribution in [-0.2, 0) is 19.1 Å². The number of carbonyl (C=O) groups excluding carboxylic acids is 2. The molecule has 7 heteroatoms. The summed E-state index contributed by atoms with van der Waals surface area (Å²) in [4.78, 5) is 36.8. The molecule has 0 aromatic heterocycles. The first-order valence-electron chi connectivity index (χ1n) is 15.4. The Bertz CT molecular complexity index is 1060. The molecule has 218 valence electrons. The zero-order valence-electron chi connectivity index (χ0n) is 25.1. The highest BCUT2D eigenvalue weighted by atomic mass is 16.6. The van der Waals surface area contributed by atoms with Crippen molar-refractivity contribution in [2.24, 2.45) is 51.8 Å². The van der Waals surface area contributed by atoms with E-state index in [9.17, 15) is 19.7 Å². The van der Waals surface area contributed by atoms with Crippen LogP contribution in [0.2, 0.25) is 0 Å². The number of nitro groups is 1. The molecular weight excluding hydrogens is 494 g/mol. The number of hydrogen-bond donors (Lipinski definition) is 0. The molecule has 0 N–H and O–H groups in total. The zero-order chi connectivity index (χ0) is 28.5. The van der Waals surface area contributed by atoms with E-state index in [-0.39, 0.29) is 46.1 Å². The third-order valence-corrected chi connectivity index (χ3v) is 12.5. The van der Waals surface area contributed by atoms with Crippen LogP contribution in [0.3, 0.4) is 0 Å². The summed E-state index contributed by atoms with van der Waals surface area (Å²) in [5.41, 5.74) is 1.83. The first-order valence-corrected chi connectivity index (χ1v) is 15.4. The number of hydrogen-bond acceptors (Lipinski definition) is 6. The summed E-state index contributed by atoms with van der Waals surface area (Å²) >= 11 is 0. The number of rotatable bonds is 6. The van der Waals surface area contributed by atoms with Crippen LogP contribution < -0.4 is 0 Å². The van der Waals surface area contributed by atoms with Crippen molar-refractivity contribution in [2.45, 2.75) is 112 Å². The van der Waals surface area contributed by atoms with E-state index in [1.165, 1.54) is 18.9 Å². The molecule has 0 amide bonds. The average molecular weight is 544 g/mol. The molecule has 5 rings (SSSR count). The van der Waals surface area contributed by atoms with Gasteiger partial charge in [0.05, 0.1) is 0 Å². The van der Waals surface area contributed by atoms with Gasteiger partial charge in [0.25, 0.3) is 0 Å². The summed E-state index contributed by atoms with van der Waals surface area (Å²) < 4.78 is 11.7. The second kappa shape index (κ2) is 9.95. The fourth-order valence-electron chi connectivity index (χ4n) is 11.2. The van der Waals surface area contributed by atoms with Crippen LogP contribution in [-0.4, -0.2) is 42.5 Å². The topological polar surface area (TPSA) is 95.7 Å². The Hall–Kier alpha value is -1.76. The van der Waals surface area contributed by atoms with Gasteiger partial charge in [-0.05, 0) is 97.9 Å². The van der Waals surface area contributed by atoms with Gasteiger partial charge < -0.3 is 9.47 Å². The highest BCUT2D eigenvalue weighted by Crippen LogP contribution is 2.69. The highest BCUT2D eigenvalue weighted by molar-refractivity contribution is 6.00. The van der Waals surface area contributed by atoms with Crippen molar-refractivity contribution in [3.8, 4) is 0 Å². The van der Waals surface area contributed by atoms with Gasteiger partial charge in [-0.3, -0.25) is 19.7 Å².